The molecule has 2 N–H and O–H groups in total. The summed E-state index contributed by atoms with van der Waals surface area (Å²) in [6.45, 7) is 1.69. The number of hydrogen-bond acceptors (Lipinski definition) is 5. The van der Waals surface area contributed by atoms with Gasteiger partial charge < -0.3 is 10.6 Å². The molecule has 0 saturated carbocycles. The Labute approximate surface area is 122 Å². The van der Waals surface area contributed by atoms with Crippen LogP contribution in [0.15, 0.2) is 18.2 Å². The van der Waals surface area contributed by atoms with E-state index in [9.17, 15) is 17.6 Å². The van der Waals surface area contributed by atoms with E-state index in [2.05, 4.69) is 10.6 Å². The number of carbonyl (C=O) groups excluding carboxylic acids is 1. The molecule has 1 amide bonds. The molecular formula is C13H16FN3O3S. The first-order valence-corrected chi connectivity index (χ1v) is 8.12. The summed E-state index contributed by atoms with van der Waals surface area (Å²) in [6, 6.07) is 5.93. The lowest BCUT2D eigenvalue weighted by Crippen LogP contribution is -2.39. The summed E-state index contributed by atoms with van der Waals surface area (Å²) in [7, 11) is -3.43. The molecule has 0 bridgehead atoms. The third-order valence-electron chi connectivity index (χ3n) is 2.88. The summed E-state index contributed by atoms with van der Waals surface area (Å²) >= 11 is 0. The van der Waals surface area contributed by atoms with Crippen molar-refractivity contribution in [2.45, 2.75) is 12.2 Å². The van der Waals surface area contributed by atoms with Gasteiger partial charge >= 0.3 is 0 Å². The van der Waals surface area contributed by atoms with Crippen LogP contribution in [0.3, 0.4) is 0 Å². The Bertz CT molecular complexity index is 668. The molecule has 0 spiro atoms. The SMILES string of the molecule is C[C@@H](C(=O)NCCNc1cccc(F)c1C#N)S(C)(=O)=O. The molecule has 0 fully saturated rings. The van der Waals surface area contributed by atoms with Gasteiger partial charge in [-0.3, -0.25) is 4.79 Å². The molecule has 6 nitrogen and oxygen atoms in total. The normalized spacial score (nSPS) is 12.3. The van der Waals surface area contributed by atoms with E-state index in [1.807, 2.05) is 0 Å². The van der Waals surface area contributed by atoms with Gasteiger partial charge in [-0.1, -0.05) is 6.07 Å². The average molecular weight is 313 g/mol. The highest BCUT2D eigenvalue weighted by Gasteiger charge is 2.22. The first-order chi connectivity index (χ1) is 9.77. The van der Waals surface area contributed by atoms with Crippen LogP contribution in [-0.4, -0.2) is 38.9 Å². The first-order valence-electron chi connectivity index (χ1n) is 6.16. The molecular weight excluding hydrogens is 297 g/mol. The minimum Gasteiger partial charge on any atom is -0.382 e. The second-order valence-electron chi connectivity index (χ2n) is 4.46. The smallest absolute Gasteiger partial charge is 0.238 e. The van der Waals surface area contributed by atoms with E-state index in [-0.39, 0.29) is 18.7 Å². The zero-order valence-corrected chi connectivity index (χ0v) is 12.5. The lowest BCUT2D eigenvalue weighted by molar-refractivity contribution is -0.120. The summed E-state index contributed by atoms with van der Waals surface area (Å²) in [5, 5.41) is 13.0. The van der Waals surface area contributed by atoms with Crippen LogP contribution in [0.2, 0.25) is 0 Å². The van der Waals surface area contributed by atoms with Gasteiger partial charge in [-0.05, 0) is 19.1 Å². The highest BCUT2D eigenvalue weighted by Crippen LogP contribution is 2.17. The van der Waals surface area contributed by atoms with Crippen molar-refractivity contribution >= 4 is 21.4 Å². The summed E-state index contributed by atoms with van der Waals surface area (Å²) in [4.78, 5) is 11.5. The van der Waals surface area contributed by atoms with Gasteiger partial charge in [-0.15, -0.1) is 0 Å². The van der Waals surface area contributed by atoms with Gasteiger partial charge in [0.15, 0.2) is 9.84 Å². The number of carbonyl (C=O) groups is 1. The summed E-state index contributed by atoms with van der Waals surface area (Å²) in [5.74, 6) is -1.23. The van der Waals surface area contributed by atoms with Crippen molar-refractivity contribution in [2.24, 2.45) is 0 Å². The second-order valence-corrected chi connectivity index (χ2v) is 6.83. The molecule has 0 radical (unpaired) electrons. The summed E-state index contributed by atoms with van der Waals surface area (Å²) < 4.78 is 35.7. The van der Waals surface area contributed by atoms with Gasteiger partial charge in [0.05, 0.1) is 5.69 Å². The standard InChI is InChI=1S/C13H16FN3O3S/c1-9(21(2,19)20)13(18)17-7-6-16-12-5-3-4-11(14)10(12)8-15/h3-5,9,16H,6-7H2,1-2H3,(H,17,18)/t9-/m0/s1. The van der Waals surface area contributed by atoms with Crippen molar-refractivity contribution < 1.29 is 17.6 Å². The van der Waals surface area contributed by atoms with Crippen molar-refractivity contribution in [1.29, 1.82) is 5.26 Å². The highest BCUT2D eigenvalue weighted by atomic mass is 32.2. The highest BCUT2D eigenvalue weighted by molar-refractivity contribution is 7.92. The number of nitrogens with zero attached hydrogens (tertiary/aromatic N) is 1. The maximum atomic E-state index is 13.3. The topological polar surface area (TPSA) is 99.1 Å². The summed E-state index contributed by atoms with van der Waals surface area (Å²) in [6.07, 6.45) is 0.988. The molecule has 1 atom stereocenters. The van der Waals surface area contributed by atoms with Crippen LogP contribution >= 0.6 is 0 Å². The van der Waals surface area contributed by atoms with Gasteiger partial charge in [-0.25, -0.2) is 12.8 Å². The number of nitriles is 1. The molecule has 0 aromatic heterocycles. The minimum atomic E-state index is -3.43. The van der Waals surface area contributed by atoms with E-state index < -0.39 is 26.8 Å². The van der Waals surface area contributed by atoms with Crippen LogP contribution in [0.5, 0.6) is 0 Å². The van der Waals surface area contributed by atoms with E-state index in [1.54, 1.807) is 12.1 Å². The summed E-state index contributed by atoms with van der Waals surface area (Å²) in [5.41, 5.74) is 0.219. The van der Waals surface area contributed by atoms with E-state index in [0.29, 0.717) is 5.69 Å². The molecule has 0 heterocycles. The Morgan fingerprint density at radius 2 is 2.10 bits per heavy atom. The monoisotopic (exact) mass is 313 g/mol. The molecule has 1 aromatic carbocycles. The number of sulfone groups is 1. The lowest BCUT2D eigenvalue weighted by atomic mass is 10.2. The van der Waals surface area contributed by atoms with Crippen molar-refractivity contribution in [2.75, 3.05) is 24.7 Å². The minimum absolute atomic E-state index is 0.103. The van der Waals surface area contributed by atoms with Gasteiger partial charge in [0.1, 0.15) is 22.7 Å². The molecule has 0 unspecified atom stereocenters. The van der Waals surface area contributed by atoms with Gasteiger partial charge in [0, 0.05) is 19.3 Å². The quantitative estimate of drug-likeness (QED) is 0.752. The number of nitrogens with one attached hydrogen (secondary N) is 2. The molecule has 0 aliphatic rings. The van der Waals surface area contributed by atoms with Crippen LogP contribution < -0.4 is 10.6 Å². The number of hydrogen-bond donors (Lipinski definition) is 2. The van der Waals surface area contributed by atoms with E-state index in [1.165, 1.54) is 19.1 Å². The first kappa shape index (κ1) is 16.9. The number of benzene rings is 1. The predicted octanol–water partition coefficient (Wildman–Crippen LogP) is 0.659. The van der Waals surface area contributed by atoms with Crippen LogP contribution in [-0.2, 0) is 14.6 Å². The fraction of sp³-hybridized carbons (Fsp3) is 0.385. The third-order valence-corrected chi connectivity index (χ3v) is 4.38. The van der Waals surface area contributed by atoms with Crippen molar-refractivity contribution in [3.8, 4) is 6.07 Å². The number of amides is 1. The predicted molar refractivity (Wildman–Crippen MR) is 76.9 cm³/mol. The van der Waals surface area contributed by atoms with E-state index in [0.717, 1.165) is 6.26 Å². The van der Waals surface area contributed by atoms with Crippen molar-refractivity contribution in [3.05, 3.63) is 29.6 Å². The zero-order valence-electron chi connectivity index (χ0n) is 11.7. The number of rotatable bonds is 6. The molecule has 1 aromatic rings. The molecule has 0 saturated heterocycles. The third kappa shape index (κ3) is 4.72. The van der Waals surface area contributed by atoms with Crippen LogP contribution in [0.4, 0.5) is 10.1 Å². The van der Waals surface area contributed by atoms with Crippen molar-refractivity contribution in [1.82, 2.24) is 5.32 Å². The molecule has 1 rings (SSSR count). The maximum absolute atomic E-state index is 13.3. The van der Waals surface area contributed by atoms with E-state index in [4.69, 9.17) is 5.26 Å². The number of halogens is 1. The number of anilines is 1. The molecule has 114 valence electrons. The van der Waals surface area contributed by atoms with Crippen LogP contribution in [0.1, 0.15) is 12.5 Å². The van der Waals surface area contributed by atoms with Gasteiger partial charge in [-0.2, -0.15) is 5.26 Å². The van der Waals surface area contributed by atoms with Crippen molar-refractivity contribution in [3.63, 3.8) is 0 Å². The Balaban J connectivity index is 2.51. The fourth-order valence-corrected chi connectivity index (χ4v) is 1.98. The molecule has 21 heavy (non-hydrogen) atoms. The fourth-order valence-electron chi connectivity index (χ4n) is 1.51. The van der Waals surface area contributed by atoms with Crippen LogP contribution in [0.25, 0.3) is 0 Å². The van der Waals surface area contributed by atoms with Gasteiger partial charge in [0.2, 0.25) is 5.91 Å². The second kappa shape index (κ2) is 7.04. The molecule has 0 aliphatic heterocycles. The average Bonchev–Trinajstić information content (AvgIpc) is 2.41. The maximum Gasteiger partial charge on any atom is 0.238 e. The lowest BCUT2D eigenvalue weighted by Gasteiger charge is -2.12. The molecule has 8 heteroatoms. The Morgan fingerprint density at radius 1 is 1.43 bits per heavy atom. The Hall–Kier alpha value is -2.14. The van der Waals surface area contributed by atoms with E-state index >= 15 is 0 Å². The largest absolute Gasteiger partial charge is 0.382 e. The Kier molecular flexibility index (Phi) is 5.67. The van der Waals surface area contributed by atoms with Gasteiger partial charge in [0.25, 0.3) is 0 Å². The molecule has 0 aliphatic carbocycles. The Morgan fingerprint density at radius 3 is 2.67 bits per heavy atom. The van der Waals surface area contributed by atoms with Crippen LogP contribution in [0, 0.1) is 17.1 Å². The zero-order chi connectivity index (χ0) is 16.0.